The highest BCUT2D eigenvalue weighted by molar-refractivity contribution is 5.99. The number of hydrogen-bond donors (Lipinski definition) is 0. The maximum atomic E-state index is 11.7. The lowest BCUT2D eigenvalue weighted by Crippen LogP contribution is -2.33. The van der Waals surface area contributed by atoms with E-state index < -0.39 is 11.9 Å². The largest absolute Gasteiger partial charge is 0.550 e. The molecule has 4 heteroatoms. The van der Waals surface area contributed by atoms with Crippen molar-refractivity contribution in [3.63, 3.8) is 0 Å². The number of hydrogen-bond acceptors (Lipinski definition) is 3. The zero-order valence-corrected chi connectivity index (χ0v) is 9.90. The summed E-state index contributed by atoms with van der Waals surface area (Å²) in [7, 11) is 0. The Morgan fingerprint density at radius 1 is 1.35 bits per heavy atom. The highest BCUT2D eigenvalue weighted by atomic mass is 16.4. The average molecular weight is 232 g/mol. The quantitative estimate of drug-likeness (QED) is 0.741. The van der Waals surface area contributed by atoms with E-state index in [0.717, 1.165) is 16.8 Å². The molecule has 1 heterocycles. The van der Waals surface area contributed by atoms with Crippen LogP contribution in [-0.4, -0.2) is 18.4 Å². The molecule has 1 atom stereocenters. The Morgan fingerprint density at radius 3 is 2.59 bits per heavy atom. The maximum Gasteiger partial charge on any atom is 0.227 e. The molecule has 2 rings (SSSR count). The molecule has 17 heavy (non-hydrogen) atoms. The molecule has 0 bridgehead atoms. The summed E-state index contributed by atoms with van der Waals surface area (Å²) in [6.45, 7) is 4.17. The molecule has 1 amide bonds. The number of benzene rings is 1. The first-order chi connectivity index (χ1) is 7.99. The third-order valence-electron chi connectivity index (χ3n) is 3.26. The molecule has 1 aliphatic rings. The van der Waals surface area contributed by atoms with Gasteiger partial charge in [0.2, 0.25) is 5.91 Å². The van der Waals surface area contributed by atoms with Crippen molar-refractivity contribution in [2.24, 2.45) is 5.92 Å². The van der Waals surface area contributed by atoms with Gasteiger partial charge in [0, 0.05) is 30.5 Å². The summed E-state index contributed by atoms with van der Waals surface area (Å²) >= 11 is 0. The second-order valence-corrected chi connectivity index (χ2v) is 4.49. The summed E-state index contributed by atoms with van der Waals surface area (Å²) in [6, 6.07) is 5.69. The van der Waals surface area contributed by atoms with Crippen LogP contribution < -0.4 is 10.0 Å². The van der Waals surface area contributed by atoms with Gasteiger partial charge in [0.1, 0.15) is 0 Å². The van der Waals surface area contributed by atoms with Gasteiger partial charge in [-0.05, 0) is 37.1 Å². The number of carbonyl (C=O) groups excluding carboxylic acids is 2. The summed E-state index contributed by atoms with van der Waals surface area (Å²) in [6.07, 6.45) is 0.0370. The Hall–Kier alpha value is -1.84. The Kier molecular flexibility index (Phi) is 2.88. The van der Waals surface area contributed by atoms with Crippen LogP contribution in [0.25, 0.3) is 0 Å². The van der Waals surface area contributed by atoms with E-state index in [1.165, 1.54) is 4.90 Å². The van der Waals surface area contributed by atoms with Crippen molar-refractivity contribution in [3.05, 3.63) is 29.3 Å². The summed E-state index contributed by atoms with van der Waals surface area (Å²) in [5.41, 5.74) is 3.01. The van der Waals surface area contributed by atoms with E-state index in [2.05, 4.69) is 0 Å². The molecule has 4 nitrogen and oxygen atoms in total. The fourth-order valence-corrected chi connectivity index (χ4v) is 2.01. The topological polar surface area (TPSA) is 60.4 Å². The molecule has 0 aromatic heterocycles. The Morgan fingerprint density at radius 2 is 2.06 bits per heavy atom. The molecular weight excluding hydrogens is 218 g/mol. The number of rotatable bonds is 2. The molecule has 0 radical (unpaired) electrons. The van der Waals surface area contributed by atoms with Gasteiger partial charge in [0.05, 0.1) is 0 Å². The van der Waals surface area contributed by atoms with Crippen LogP contribution >= 0.6 is 0 Å². The van der Waals surface area contributed by atoms with Crippen molar-refractivity contribution in [1.29, 1.82) is 0 Å². The van der Waals surface area contributed by atoms with E-state index in [9.17, 15) is 14.7 Å². The van der Waals surface area contributed by atoms with Crippen LogP contribution in [0.15, 0.2) is 18.2 Å². The van der Waals surface area contributed by atoms with Crippen molar-refractivity contribution < 1.29 is 14.7 Å². The summed E-state index contributed by atoms with van der Waals surface area (Å²) in [5, 5.41) is 10.8. The third-order valence-corrected chi connectivity index (χ3v) is 3.26. The van der Waals surface area contributed by atoms with E-state index in [1.54, 1.807) is 0 Å². The van der Waals surface area contributed by atoms with Gasteiger partial charge >= 0.3 is 0 Å². The second-order valence-electron chi connectivity index (χ2n) is 4.49. The number of carboxylic acids is 1. The number of nitrogens with zero attached hydrogens (tertiary/aromatic N) is 1. The minimum absolute atomic E-state index is 0.0370. The van der Waals surface area contributed by atoms with Crippen LogP contribution in [0.1, 0.15) is 17.5 Å². The lowest BCUT2D eigenvalue weighted by molar-refractivity contribution is -0.310. The van der Waals surface area contributed by atoms with Crippen LogP contribution in [-0.2, 0) is 9.59 Å². The molecule has 1 aliphatic heterocycles. The van der Waals surface area contributed by atoms with Gasteiger partial charge in [0.15, 0.2) is 0 Å². The predicted octanol–water partition coefficient (Wildman–Crippen LogP) is 0.406. The van der Waals surface area contributed by atoms with Crippen molar-refractivity contribution >= 4 is 17.6 Å². The predicted molar refractivity (Wildman–Crippen MR) is 61.4 cm³/mol. The van der Waals surface area contributed by atoms with Crippen LogP contribution in [0.4, 0.5) is 5.69 Å². The average Bonchev–Trinajstić information content (AvgIpc) is 2.65. The molecule has 1 fully saturated rings. The summed E-state index contributed by atoms with van der Waals surface area (Å²) in [5.74, 6) is -1.99. The minimum atomic E-state index is -1.15. The van der Waals surface area contributed by atoms with Crippen LogP contribution in [0.5, 0.6) is 0 Å². The van der Waals surface area contributed by atoms with Crippen LogP contribution in [0.2, 0.25) is 0 Å². The molecule has 0 aliphatic carbocycles. The Balaban J connectivity index is 2.26. The number of anilines is 1. The lowest BCUT2D eigenvalue weighted by atomic mass is 10.1. The van der Waals surface area contributed by atoms with E-state index >= 15 is 0 Å². The van der Waals surface area contributed by atoms with E-state index in [4.69, 9.17) is 0 Å². The first-order valence-electron chi connectivity index (χ1n) is 5.57. The van der Waals surface area contributed by atoms with E-state index in [1.807, 2.05) is 32.0 Å². The smallest absolute Gasteiger partial charge is 0.227 e. The highest BCUT2D eigenvalue weighted by Crippen LogP contribution is 2.26. The molecule has 1 saturated heterocycles. The van der Waals surface area contributed by atoms with Gasteiger partial charge in [-0.3, -0.25) is 4.79 Å². The van der Waals surface area contributed by atoms with Gasteiger partial charge in [-0.15, -0.1) is 0 Å². The van der Waals surface area contributed by atoms with Crippen LogP contribution in [0.3, 0.4) is 0 Å². The number of carbonyl (C=O) groups is 2. The number of aryl methyl sites for hydroxylation is 2. The van der Waals surface area contributed by atoms with E-state index in [0.29, 0.717) is 0 Å². The maximum absolute atomic E-state index is 11.7. The summed E-state index contributed by atoms with van der Waals surface area (Å²) in [4.78, 5) is 24.0. The van der Waals surface area contributed by atoms with Crippen LogP contribution in [0, 0.1) is 19.8 Å². The Bertz CT molecular complexity index is 482. The van der Waals surface area contributed by atoms with Crippen molar-refractivity contribution in [2.75, 3.05) is 11.4 Å². The van der Waals surface area contributed by atoms with Gasteiger partial charge in [0.25, 0.3) is 0 Å². The molecular formula is C13H14NO3-. The third kappa shape index (κ3) is 2.16. The van der Waals surface area contributed by atoms with Gasteiger partial charge in [-0.1, -0.05) is 6.07 Å². The molecule has 0 unspecified atom stereocenters. The SMILES string of the molecule is Cc1ccc(N2C[C@H](C(=O)[O-])CC2=O)cc1C. The standard InChI is InChI=1S/C13H15NO3/c1-8-3-4-11(5-9(8)2)14-7-10(13(16)17)6-12(14)15/h3-5,10H,6-7H2,1-2H3,(H,16,17)/p-1/t10-/m1/s1. The van der Waals surface area contributed by atoms with Crippen molar-refractivity contribution in [3.8, 4) is 0 Å². The van der Waals surface area contributed by atoms with Crippen molar-refractivity contribution in [2.45, 2.75) is 20.3 Å². The summed E-state index contributed by atoms with van der Waals surface area (Å²) < 4.78 is 0. The number of amides is 1. The van der Waals surface area contributed by atoms with Gasteiger partial charge in [-0.25, -0.2) is 0 Å². The van der Waals surface area contributed by atoms with Crippen molar-refractivity contribution in [1.82, 2.24) is 0 Å². The first-order valence-corrected chi connectivity index (χ1v) is 5.57. The first kappa shape index (κ1) is 11.6. The lowest BCUT2D eigenvalue weighted by Gasteiger charge is -2.18. The molecule has 0 spiro atoms. The highest BCUT2D eigenvalue weighted by Gasteiger charge is 2.31. The fraction of sp³-hybridized carbons (Fsp3) is 0.385. The fourth-order valence-electron chi connectivity index (χ4n) is 2.01. The molecule has 0 saturated carbocycles. The molecule has 1 aromatic carbocycles. The van der Waals surface area contributed by atoms with E-state index in [-0.39, 0.29) is 18.9 Å². The normalized spacial score (nSPS) is 19.8. The second kappa shape index (κ2) is 4.20. The zero-order chi connectivity index (χ0) is 12.6. The zero-order valence-electron chi connectivity index (χ0n) is 9.90. The molecule has 1 aromatic rings. The van der Waals surface area contributed by atoms with Gasteiger partial charge in [-0.2, -0.15) is 0 Å². The number of carboxylic acid groups (broad SMARTS) is 1. The number of aliphatic carboxylic acids is 1. The monoisotopic (exact) mass is 232 g/mol. The Labute approximate surface area is 99.9 Å². The molecule has 0 N–H and O–H groups in total. The molecule has 90 valence electrons. The van der Waals surface area contributed by atoms with Gasteiger partial charge < -0.3 is 14.8 Å². The minimum Gasteiger partial charge on any atom is -0.550 e.